The van der Waals surface area contributed by atoms with Gasteiger partial charge in [-0.05, 0) is 0 Å². The summed E-state index contributed by atoms with van der Waals surface area (Å²) in [4.78, 5) is 22.3. The topological polar surface area (TPSA) is 80.4 Å². The first kappa shape index (κ1) is 11.1. The molecule has 0 spiro atoms. The summed E-state index contributed by atoms with van der Waals surface area (Å²) in [5.74, 6) is -1.15. The molecular weight excluding hydrogens is 222 g/mol. The van der Waals surface area contributed by atoms with Gasteiger partial charge in [0, 0.05) is 11.6 Å². The zero-order valence-corrected chi connectivity index (χ0v) is 8.79. The van der Waals surface area contributed by atoms with Gasteiger partial charge in [-0.15, -0.1) is 0 Å². The quantitative estimate of drug-likeness (QED) is 0.807. The second kappa shape index (κ2) is 4.61. The Morgan fingerprint density at radius 3 is 2.59 bits per heavy atom. The molecule has 0 saturated carbocycles. The van der Waals surface area contributed by atoms with Crippen LogP contribution in [-0.2, 0) is 11.2 Å². The number of carboxylic acids is 1. The van der Waals surface area contributed by atoms with E-state index in [4.69, 9.17) is 9.63 Å². The van der Waals surface area contributed by atoms with Crippen molar-refractivity contribution in [1.29, 1.82) is 0 Å². The average molecular weight is 231 g/mol. The van der Waals surface area contributed by atoms with Crippen LogP contribution in [0.5, 0.6) is 0 Å². The summed E-state index contributed by atoms with van der Waals surface area (Å²) in [6, 6.07) is 9.96. The third kappa shape index (κ3) is 2.57. The Morgan fingerprint density at radius 1 is 1.24 bits per heavy atom. The van der Waals surface area contributed by atoms with Gasteiger partial charge in [-0.3, -0.25) is 9.59 Å². The van der Waals surface area contributed by atoms with Crippen LogP contribution in [0.2, 0.25) is 0 Å². The van der Waals surface area contributed by atoms with Crippen LogP contribution in [0, 0.1) is 0 Å². The Balaban J connectivity index is 2.21. The van der Waals surface area contributed by atoms with Crippen LogP contribution in [0.25, 0.3) is 0 Å². The number of rotatable bonds is 4. The van der Waals surface area contributed by atoms with E-state index in [-0.39, 0.29) is 23.7 Å². The number of aliphatic carboxylic acids is 1. The van der Waals surface area contributed by atoms with Crippen LogP contribution in [0.4, 0.5) is 0 Å². The lowest BCUT2D eigenvalue weighted by atomic mass is 10.1. The van der Waals surface area contributed by atoms with Crippen molar-refractivity contribution >= 4 is 11.8 Å². The van der Waals surface area contributed by atoms with Crippen molar-refractivity contribution < 1.29 is 19.2 Å². The second-order valence-corrected chi connectivity index (χ2v) is 3.44. The molecule has 2 rings (SSSR count). The Labute approximate surface area is 96.7 Å². The largest absolute Gasteiger partial charge is 0.481 e. The number of benzene rings is 1. The van der Waals surface area contributed by atoms with Gasteiger partial charge in [0.15, 0.2) is 5.69 Å². The molecule has 1 aromatic carbocycles. The van der Waals surface area contributed by atoms with Crippen LogP contribution in [0.3, 0.4) is 0 Å². The smallest absolute Gasteiger partial charge is 0.311 e. The fourth-order valence-corrected chi connectivity index (χ4v) is 1.39. The minimum Gasteiger partial charge on any atom is -0.481 e. The number of carbonyl (C=O) groups excluding carboxylic acids is 1. The Kier molecular flexibility index (Phi) is 3.00. The molecule has 0 amide bonds. The Bertz CT molecular complexity index is 545. The lowest BCUT2D eigenvalue weighted by molar-refractivity contribution is -0.136. The van der Waals surface area contributed by atoms with E-state index in [0.29, 0.717) is 5.56 Å². The first-order valence-corrected chi connectivity index (χ1v) is 4.94. The minimum atomic E-state index is -1.03. The fourth-order valence-electron chi connectivity index (χ4n) is 1.39. The highest BCUT2D eigenvalue weighted by molar-refractivity contribution is 6.07. The van der Waals surface area contributed by atoms with Crippen molar-refractivity contribution in [2.75, 3.05) is 0 Å². The number of nitrogens with zero attached hydrogens (tertiary/aromatic N) is 1. The second-order valence-electron chi connectivity index (χ2n) is 3.44. The number of aromatic nitrogens is 1. The summed E-state index contributed by atoms with van der Waals surface area (Å²) in [5.41, 5.74) is 0.607. The van der Waals surface area contributed by atoms with Crippen LogP contribution in [0.15, 0.2) is 40.9 Å². The molecule has 0 fully saturated rings. The average Bonchev–Trinajstić information content (AvgIpc) is 2.77. The van der Waals surface area contributed by atoms with Crippen LogP contribution >= 0.6 is 0 Å². The zero-order chi connectivity index (χ0) is 12.3. The molecule has 1 N–H and O–H groups in total. The van der Waals surface area contributed by atoms with E-state index in [1.54, 1.807) is 30.3 Å². The number of hydrogen-bond acceptors (Lipinski definition) is 4. The Morgan fingerprint density at radius 2 is 1.94 bits per heavy atom. The van der Waals surface area contributed by atoms with E-state index >= 15 is 0 Å². The molecule has 0 bridgehead atoms. The first-order valence-electron chi connectivity index (χ1n) is 4.94. The highest BCUT2D eigenvalue weighted by Crippen LogP contribution is 2.10. The summed E-state index contributed by atoms with van der Waals surface area (Å²) in [6.07, 6.45) is -0.283. The molecule has 0 aliphatic rings. The summed E-state index contributed by atoms with van der Waals surface area (Å²) in [5, 5.41) is 12.1. The van der Waals surface area contributed by atoms with Gasteiger partial charge in [0.25, 0.3) is 0 Å². The van der Waals surface area contributed by atoms with Gasteiger partial charge < -0.3 is 9.63 Å². The molecule has 86 valence electrons. The molecular formula is C12H9NO4. The molecule has 0 saturated heterocycles. The molecule has 0 atom stereocenters. The maximum atomic E-state index is 11.9. The third-order valence-electron chi connectivity index (χ3n) is 2.15. The maximum absolute atomic E-state index is 11.9. The van der Waals surface area contributed by atoms with Gasteiger partial charge >= 0.3 is 5.97 Å². The fraction of sp³-hybridized carbons (Fsp3) is 0.0833. The molecule has 0 aliphatic carbocycles. The van der Waals surface area contributed by atoms with Gasteiger partial charge in [-0.2, -0.15) is 0 Å². The van der Waals surface area contributed by atoms with Crippen LogP contribution < -0.4 is 0 Å². The third-order valence-corrected chi connectivity index (χ3v) is 2.15. The van der Waals surface area contributed by atoms with Crippen molar-refractivity contribution in [3.63, 3.8) is 0 Å². The lowest BCUT2D eigenvalue weighted by Gasteiger charge is -1.94. The molecule has 0 aliphatic heterocycles. The maximum Gasteiger partial charge on any atom is 0.311 e. The van der Waals surface area contributed by atoms with Crippen molar-refractivity contribution in [1.82, 2.24) is 5.16 Å². The molecule has 2 aromatic rings. The summed E-state index contributed by atoms with van der Waals surface area (Å²) >= 11 is 0. The number of hydrogen-bond donors (Lipinski definition) is 1. The molecule has 0 unspecified atom stereocenters. The summed E-state index contributed by atoms with van der Waals surface area (Å²) < 4.78 is 4.77. The predicted molar refractivity (Wildman–Crippen MR) is 57.7 cm³/mol. The molecule has 17 heavy (non-hydrogen) atoms. The highest BCUT2D eigenvalue weighted by atomic mass is 16.5. The number of carboxylic acid groups (broad SMARTS) is 1. The van der Waals surface area contributed by atoms with E-state index in [9.17, 15) is 9.59 Å². The van der Waals surface area contributed by atoms with E-state index < -0.39 is 5.97 Å². The lowest BCUT2D eigenvalue weighted by Crippen LogP contribution is -2.01. The highest BCUT2D eigenvalue weighted by Gasteiger charge is 2.15. The first-order chi connectivity index (χ1) is 8.16. The van der Waals surface area contributed by atoms with Crippen LogP contribution in [0.1, 0.15) is 21.8 Å². The standard InChI is InChI=1S/C12H9NO4/c14-11(15)7-9-6-10(13-17-9)12(16)8-4-2-1-3-5-8/h1-6H,7H2,(H,14,15). The van der Waals surface area contributed by atoms with Crippen molar-refractivity contribution in [3.8, 4) is 0 Å². The zero-order valence-electron chi connectivity index (χ0n) is 8.79. The predicted octanol–water partition coefficient (Wildman–Crippen LogP) is 1.53. The van der Waals surface area contributed by atoms with Gasteiger partial charge in [0.05, 0.1) is 0 Å². The van der Waals surface area contributed by atoms with Gasteiger partial charge in [0.1, 0.15) is 12.2 Å². The van der Waals surface area contributed by atoms with E-state index in [1.165, 1.54) is 6.07 Å². The monoisotopic (exact) mass is 231 g/mol. The summed E-state index contributed by atoms with van der Waals surface area (Å²) in [7, 11) is 0. The van der Waals surface area contributed by atoms with Crippen LogP contribution in [-0.4, -0.2) is 22.0 Å². The molecule has 1 heterocycles. The van der Waals surface area contributed by atoms with Gasteiger partial charge in [-0.25, -0.2) is 0 Å². The van der Waals surface area contributed by atoms with Gasteiger partial charge in [0.2, 0.25) is 5.78 Å². The van der Waals surface area contributed by atoms with Crippen molar-refractivity contribution in [2.24, 2.45) is 0 Å². The SMILES string of the molecule is O=C(O)Cc1cc(C(=O)c2ccccc2)no1. The minimum absolute atomic E-state index is 0.118. The van der Waals surface area contributed by atoms with Gasteiger partial charge in [-0.1, -0.05) is 35.5 Å². The Hall–Kier alpha value is -2.43. The van der Waals surface area contributed by atoms with E-state index in [2.05, 4.69) is 5.16 Å². The molecule has 5 heteroatoms. The normalized spacial score (nSPS) is 10.1. The van der Waals surface area contributed by atoms with E-state index in [1.807, 2.05) is 0 Å². The number of carbonyl (C=O) groups is 2. The number of ketones is 1. The molecule has 0 radical (unpaired) electrons. The van der Waals surface area contributed by atoms with Crippen molar-refractivity contribution in [2.45, 2.75) is 6.42 Å². The summed E-state index contributed by atoms with van der Waals surface area (Å²) in [6.45, 7) is 0. The molecule has 1 aromatic heterocycles. The van der Waals surface area contributed by atoms with Crippen molar-refractivity contribution in [3.05, 3.63) is 53.4 Å². The van der Waals surface area contributed by atoms with E-state index in [0.717, 1.165) is 0 Å². The molecule has 5 nitrogen and oxygen atoms in total.